The van der Waals surface area contributed by atoms with Gasteiger partial charge in [-0.1, -0.05) is 0 Å². The predicted octanol–water partition coefficient (Wildman–Crippen LogP) is 0.800. The van der Waals surface area contributed by atoms with Crippen molar-refractivity contribution in [3.05, 3.63) is 29.3 Å². The van der Waals surface area contributed by atoms with Crippen molar-refractivity contribution < 1.29 is 9.90 Å². The highest BCUT2D eigenvalue weighted by molar-refractivity contribution is 5.93. The lowest BCUT2D eigenvalue weighted by molar-refractivity contribution is 0.1000. The van der Waals surface area contributed by atoms with Gasteiger partial charge in [0.15, 0.2) is 0 Å². The first-order valence-corrected chi connectivity index (χ1v) is 3.20. The van der Waals surface area contributed by atoms with Crippen LogP contribution >= 0.6 is 0 Å². The summed E-state index contributed by atoms with van der Waals surface area (Å²) in [6.07, 6.45) is 0. The summed E-state index contributed by atoms with van der Waals surface area (Å²) >= 11 is 0. The Morgan fingerprint density at radius 2 is 2.18 bits per heavy atom. The van der Waals surface area contributed by atoms with E-state index in [0.29, 0.717) is 11.1 Å². The fourth-order valence-corrected chi connectivity index (χ4v) is 0.809. The fourth-order valence-electron chi connectivity index (χ4n) is 0.809. The van der Waals surface area contributed by atoms with E-state index in [0.717, 1.165) is 0 Å². The number of aryl methyl sites for hydroxylation is 1. The van der Waals surface area contributed by atoms with E-state index < -0.39 is 5.91 Å². The van der Waals surface area contributed by atoms with Gasteiger partial charge in [-0.15, -0.1) is 0 Å². The highest BCUT2D eigenvalue weighted by Gasteiger charge is 2.01. The number of carbonyl (C=O) groups excluding carboxylic acids is 1. The first kappa shape index (κ1) is 7.60. The van der Waals surface area contributed by atoms with Crippen molar-refractivity contribution in [3.63, 3.8) is 0 Å². The van der Waals surface area contributed by atoms with Crippen LogP contribution in [0.15, 0.2) is 18.2 Å². The SMILES string of the molecule is Cc1cc(C(N)=O)ccc1O. The molecule has 3 N–H and O–H groups in total. The number of primary amides is 1. The van der Waals surface area contributed by atoms with Crippen molar-refractivity contribution in [1.29, 1.82) is 0 Å². The second-order valence-electron chi connectivity index (χ2n) is 2.37. The minimum absolute atomic E-state index is 0.176. The van der Waals surface area contributed by atoms with Gasteiger partial charge >= 0.3 is 0 Å². The van der Waals surface area contributed by atoms with Gasteiger partial charge in [0.25, 0.3) is 0 Å². The molecule has 0 unspecified atom stereocenters. The molecule has 1 amide bonds. The van der Waals surface area contributed by atoms with Gasteiger partial charge in [0.1, 0.15) is 5.75 Å². The second-order valence-corrected chi connectivity index (χ2v) is 2.37. The first-order chi connectivity index (χ1) is 5.11. The third-order valence-electron chi connectivity index (χ3n) is 1.48. The van der Waals surface area contributed by atoms with E-state index in [1.807, 2.05) is 0 Å². The molecule has 0 aliphatic rings. The van der Waals surface area contributed by atoms with Crippen molar-refractivity contribution >= 4 is 5.91 Å². The molecule has 0 saturated carbocycles. The van der Waals surface area contributed by atoms with Gasteiger partial charge in [0.05, 0.1) is 0 Å². The number of hydrogen-bond donors (Lipinski definition) is 2. The van der Waals surface area contributed by atoms with Crippen LogP contribution in [-0.4, -0.2) is 11.0 Å². The van der Waals surface area contributed by atoms with E-state index in [4.69, 9.17) is 10.8 Å². The quantitative estimate of drug-likeness (QED) is 0.623. The number of phenols is 1. The van der Waals surface area contributed by atoms with Crippen LogP contribution in [0.2, 0.25) is 0 Å². The van der Waals surface area contributed by atoms with Crippen molar-refractivity contribution in [2.45, 2.75) is 6.92 Å². The van der Waals surface area contributed by atoms with E-state index >= 15 is 0 Å². The van der Waals surface area contributed by atoms with Crippen LogP contribution in [0.5, 0.6) is 5.75 Å². The van der Waals surface area contributed by atoms with E-state index in [1.54, 1.807) is 13.0 Å². The second kappa shape index (κ2) is 2.62. The standard InChI is InChI=1S/C8H9NO2/c1-5-4-6(8(9)11)2-3-7(5)10/h2-4,10H,1H3,(H2,9,11). The molecular weight excluding hydrogens is 142 g/mol. The van der Waals surface area contributed by atoms with Gasteiger partial charge in [-0.25, -0.2) is 0 Å². The lowest BCUT2D eigenvalue weighted by atomic mass is 10.1. The zero-order valence-corrected chi connectivity index (χ0v) is 6.16. The Morgan fingerprint density at radius 3 is 2.64 bits per heavy atom. The summed E-state index contributed by atoms with van der Waals surface area (Å²) in [5.74, 6) is -0.303. The highest BCUT2D eigenvalue weighted by atomic mass is 16.3. The molecule has 0 fully saturated rings. The predicted molar refractivity (Wildman–Crippen MR) is 41.4 cm³/mol. The first-order valence-electron chi connectivity index (χ1n) is 3.20. The Bertz CT molecular complexity index is 294. The minimum Gasteiger partial charge on any atom is -0.508 e. The van der Waals surface area contributed by atoms with Gasteiger partial charge in [0, 0.05) is 5.56 Å². The Hall–Kier alpha value is -1.51. The van der Waals surface area contributed by atoms with Crippen LogP contribution in [0.25, 0.3) is 0 Å². The van der Waals surface area contributed by atoms with E-state index in [1.165, 1.54) is 12.1 Å². The van der Waals surface area contributed by atoms with Crippen molar-refractivity contribution in [1.82, 2.24) is 0 Å². The van der Waals surface area contributed by atoms with Gasteiger partial charge in [-0.3, -0.25) is 4.79 Å². The molecule has 0 spiro atoms. The molecule has 0 heterocycles. The number of aromatic hydroxyl groups is 1. The Balaban J connectivity index is 3.15. The molecular formula is C8H9NO2. The van der Waals surface area contributed by atoms with E-state index in [9.17, 15) is 4.79 Å². The third-order valence-corrected chi connectivity index (χ3v) is 1.48. The fraction of sp³-hybridized carbons (Fsp3) is 0.125. The van der Waals surface area contributed by atoms with Crippen molar-refractivity contribution in [2.75, 3.05) is 0 Å². The molecule has 3 nitrogen and oxygen atoms in total. The summed E-state index contributed by atoms with van der Waals surface area (Å²) in [6, 6.07) is 4.50. The molecule has 3 heteroatoms. The summed E-state index contributed by atoms with van der Waals surface area (Å²) in [5.41, 5.74) is 6.08. The molecule has 0 aliphatic carbocycles. The number of amides is 1. The molecule has 0 aromatic heterocycles. The lowest BCUT2D eigenvalue weighted by Crippen LogP contribution is -2.10. The zero-order chi connectivity index (χ0) is 8.43. The number of rotatable bonds is 1. The monoisotopic (exact) mass is 151 g/mol. The van der Waals surface area contributed by atoms with Gasteiger partial charge in [0.2, 0.25) is 5.91 Å². The minimum atomic E-state index is -0.479. The molecule has 1 rings (SSSR count). The van der Waals surface area contributed by atoms with Crippen LogP contribution in [0.3, 0.4) is 0 Å². The van der Waals surface area contributed by atoms with Gasteiger partial charge in [-0.2, -0.15) is 0 Å². The summed E-state index contributed by atoms with van der Waals surface area (Å²) in [4.78, 5) is 10.6. The zero-order valence-electron chi connectivity index (χ0n) is 6.16. The Morgan fingerprint density at radius 1 is 1.55 bits per heavy atom. The number of carbonyl (C=O) groups is 1. The number of benzene rings is 1. The largest absolute Gasteiger partial charge is 0.508 e. The van der Waals surface area contributed by atoms with Gasteiger partial charge in [-0.05, 0) is 30.7 Å². The van der Waals surface area contributed by atoms with Crippen molar-refractivity contribution in [2.24, 2.45) is 5.73 Å². The van der Waals surface area contributed by atoms with Gasteiger partial charge < -0.3 is 10.8 Å². The molecule has 0 bridgehead atoms. The molecule has 1 aromatic carbocycles. The topological polar surface area (TPSA) is 63.3 Å². The number of hydrogen-bond acceptors (Lipinski definition) is 2. The summed E-state index contributed by atoms with van der Waals surface area (Å²) in [6.45, 7) is 1.71. The Labute approximate surface area is 64.5 Å². The maximum Gasteiger partial charge on any atom is 0.248 e. The highest BCUT2D eigenvalue weighted by Crippen LogP contribution is 2.16. The Kier molecular flexibility index (Phi) is 1.81. The van der Waals surface area contributed by atoms with Crippen molar-refractivity contribution in [3.8, 4) is 5.75 Å². The molecule has 0 atom stereocenters. The average molecular weight is 151 g/mol. The molecule has 11 heavy (non-hydrogen) atoms. The normalized spacial score (nSPS) is 9.55. The average Bonchev–Trinajstić information content (AvgIpc) is 1.94. The lowest BCUT2D eigenvalue weighted by Gasteiger charge is -1.99. The molecule has 0 aliphatic heterocycles. The van der Waals surface area contributed by atoms with Crippen LogP contribution in [0.1, 0.15) is 15.9 Å². The number of phenolic OH excluding ortho intramolecular Hbond substituents is 1. The van der Waals surface area contributed by atoms with E-state index in [2.05, 4.69) is 0 Å². The summed E-state index contributed by atoms with van der Waals surface area (Å²) in [7, 11) is 0. The van der Waals surface area contributed by atoms with Crippen LogP contribution < -0.4 is 5.73 Å². The van der Waals surface area contributed by atoms with Crippen LogP contribution in [0.4, 0.5) is 0 Å². The summed E-state index contributed by atoms with van der Waals surface area (Å²) in [5, 5.41) is 9.07. The smallest absolute Gasteiger partial charge is 0.248 e. The third kappa shape index (κ3) is 1.49. The molecule has 0 saturated heterocycles. The number of nitrogens with two attached hydrogens (primary N) is 1. The maximum atomic E-state index is 10.6. The van der Waals surface area contributed by atoms with Crippen LogP contribution in [0, 0.1) is 6.92 Å². The summed E-state index contributed by atoms with van der Waals surface area (Å²) < 4.78 is 0. The maximum absolute atomic E-state index is 10.6. The molecule has 58 valence electrons. The molecule has 0 radical (unpaired) electrons. The van der Waals surface area contributed by atoms with E-state index in [-0.39, 0.29) is 5.75 Å². The molecule has 1 aromatic rings. The van der Waals surface area contributed by atoms with Crippen LogP contribution in [-0.2, 0) is 0 Å².